The summed E-state index contributed by atoms with van der Waals surface area (Å²) in [6.07, 6.45) is 0. The van der Waals surface area contributed by atoms with E-state index in [1.807, 2.05) is 13.0 Å². The Kier molecular flexibility index (Phi) is 3.92. The first-order valence-corrected chi connectivity index (χ1v) is 9.13. The summed E-state index contributed by atoms with van der Waals surface area (Å²) < 4.78 is 4.26. The molecule has 4 heterocycles. The second-order valence-corrected chi connectivity index (χ2v) is 7.03. The first-order valence-electron chi connectivity index (χ1n) is 7.47. The van der Waals surface area contributed by atoms with Crippen LogP contribution in [0.2, 0.25) is 0 Å². The standard InChI is InChI=1S/C15H16N6S2/c1-11-16-15(23-19-11)21-8-6-20(7-9-21)14-5-4-12(17-18-14)13-3-2-10-22-13/h2-5,10H,6-9H2,1H3. The minimum Gasteiger partial charge on any atom is -0.352 e. The van der Waals surface area contributed by atoms with Crippen molar-refractivity contribution in [2.24, 2.45) is 0 Å². The van der Waals surface area contributed by atoms with E-state index in [1.54, 1.807) is 11.3 Å². The van der Waals surface area contributed by atoms with E-state index < -0.39 is 0 Å². The summed E-state index contributed by atoms with van der Waals surface area (Å²) in [5.74, 6) is 1.79. The lowest BCUT2D eigenvalue weighted by Crippen LogP contribution is -2.46. The number of nitrogens with zero attached hydrogens (tertiary/aromatic N) is 6. The average Bonchev–Trinajstić information content (AvgIpc) is 3.27. The molecule has 3 aromatic rings. The quantitative estimate of drug-likeness (QED) is 0.728. The van der Waals surface area contributed by atoms with E-state index in [0.717, 1.165) is 53.5 Å². The normalized spacial score (nSPS) is 15.2. The number of rotatable bonds is 3. The van der Waals surface area contributed by atoms with Crippen LogP contribution in [0.4, 0.5) is 10.9 Å². The summed E-state index contributed by atoms with van der Waals surface area (Å²) in [6, 6.07) is 8.21. The van der Waals surface area contributed by atoms with Crippen LogP contribution in [0.3, 0.4) is 0 Å². The fraction of sp³-hybridized carbons (Fsp3) is 0.333. The third-order valence-corrected chi connectivity index (χ3v) is 5.58. The van der Waals surface area contributed by atoms with Gasteiger partial charge in [-0.05, 0) is 30.5 Å². The average molecular weight is 344 g/mol. The largest absolute Gasteiger partial charge is 0.352 e. The number of hydrogen-bond donors (Lipinski definition) is 0. The maximum absolute atomic E-state index is 4.46. The summed E-state index contributed by atoms with van der Waals surface area (Å²) in [6.45, 7) is 5.64. The van der Waals surface area contributed by atoms with Crippen LogP contribution >= 0.6 is 22.9 Å². The maximum atomic E-state index is 4.46. The van der Waals surface area contributed by atoms with E-state index in [9.17, 15) is 0 Å². The summed E-state index contributed by atoms with van der Waals surface area (Å²) >= 11 is 3.16. The highest BCUT2D eigenvalue weighted by Gasteiger charge is 2.20. The van der Waals surface area contributed by atoms with Gasteiger partial charge in [0, 0.05) is 37.7 Å². The molecular weight excluding hydrogens is 328 g/mol. The lowest BCUT2D eigenvalue weighted by molar-refractivity contribution is 0.642. The van der Waals surface area contributed by atoms with E-state index in [1.165, 1.54) is 11.5 Å². The molecule has 1 fully saturated rings. The van der Waals surface area contributed by atoms with Gasteiger partial charge in [-0.25, -0.2) is 4.98 Å². The molecule has 0 saturated carbocycles. The highest BCUT2D eigenvalue weighted by atomic mass is 32.1. The fourth-order valence-electron chi connectivity index (χ4n) is 2.59. The van der Waals surface area contributed by atoms with Crippen molar-refractivity contribution >= 4 is 33.8 Å². The molecule has 4 rings (SSSR count). The van der Waals surface area contributed by atoms with Crippen LogP contribution in [-0.4, -0.2) is 45.7 Å². The van der Waals surface area contributed by atoms with Gasteiger partial charge in [0.05, 0.1) is 4.88 Å². The molecule has 118 valence electrons. The molecule has 0 N–H and O–H groups in total. The van der Waals surface area contributed by atoms with E-state index in [0.29, 0.717) is 0 Å². The SMILES string of the molecule is Cc1nsc(N2CCN(c3ccc(-c4cccs4)nn3)CC2)n1. The van der Waals surface area contributed by atoms with E-state index >= 15 is 0 Å². The van der Waals surface area contributed by atoms with Crippen molar-refractivity contribution in [1.29, 1.82) is 0 Å². The Balaban J connectivity index is 1.42. The van der Waals surface area contributed by atoms with Crippen LogP contribution < -0.4 is 9.80 Å². The Bertz CT molecular complexity index is 760. The molecule has 0 amide bonds. The maximum Gasteiger partial charge on any atom is 0.205 e. The molecule has 23 heavy (non-hydrogen) atoms. The first-order chi connectivity index (χ1) is 11.3. The second kappa shape index (κ2) is 6.21. The van der Waals surface area contributed by atoms with Gasteiger partial charge in [0.1, 0.15) is 11.5 Å². The molecule has 0 aliphatic carbocycles. The lowest BCUT2D eigenvalue weighted by atomic mass is 10.3. The fourth-order valence-corrected chi connectivity index (χ4v) is 4.01. The third-order valence-electron chi connectivity index (χ3n) is 3.82. The molecule has 0 spiro atoms. The van der Waals surface area contributed by atoms with Gasteiger partial charge in [-0.2, -0.15) is 4.37 Å². The molecule has 1 aliphatic rings. The zero-order chi connectivity index (χ0) is 15.6. The molecule has 0 radical (unpaired) electrons. The van der Waals surface area contributed by atoms with Crippen molar-refractivity contribution < 1.29 is 0 Å². The second-order valence-electron chi connectivity index (χ2n) is 5.35. The van der Waals surface area contributed by atoms with Crippen molar-refractivity contribution in [1.82, 2.24) is 19.6 Å². The van der Waals surface area contributed by atoms with Crippen LogP contribution in [0.1, 0.15) is 5.82 Å². The molecule has 3 aromatic heterocycles. The van der Waals surface area contributed by atoms with Crippen LogP contribution in [0.25, 0.3) is 10.6 Å². The molecule has 1 saturated heterocycles. The van der Waals surface area contributed by atoms with Gasteiger partial charge in [0.25, 0.3) is 0 Å². The van der Waals surface area contributed by atoms with Crippen LogP contribution in [-0.2, 0) is 0 Å². The minimum absolute atomic E-state index is 0.850. The molecule has 8 heteroatoms. The molecule has 0 bridgehead atoms. The highest BCUT2D eigenvalue weighted by Crippen LogP contribution is 2.24. The van der Waals surface area contributed by atoms with E-state index in [2.05, 4.69) is 52.9 Å². The number of aryl methyl sites for hydroxylation is 1. The Hall–Kier alpha value is -2.06. The monoisotopic (exact) mass is 344 g/mol. The predicted molar refractivity (Wildman–Crippen MR) is 94.4 cm³/mol. The zero-order valence-corrected chi connectivity index (χ0v) is 14.3. The molecule has 0 aromatic carbocycles. The van der Waals surface area contributed by atoms with Crippen LogP contribution in [0, 0.1) is 6.92 Å². The number of piperazine rings is 1. The number of aromatic nitrogens is 4. The molecule has 1 aliphatic heterocycles. The Morgan fingerprint density at radius 3 is 2.43 bits per heavy atom. The van der Waals surface area contributed by atoms with Gasteiger partial charge < -0.3 is 9.80 Å². The van der Waals surface area contributed by atoms with Crippen molar-refractivity contribution in [3.63, 3.8) is 0 Å². The zero-order valence-electron chi connectivity index (χ0n) is 12.7. The van der Waals surface area contributed by atoms with Gasteiger partial charge in [-0.1, -0.05) is 6.07 Å². The van der Waals surface area contributed by atoms with E-state index in [4.69, 9.17) is 0 Å². The van der Waals surface area contributed by atoms with Crippen LogP contribution in [0.15, 0.2) is 29.6 Å². The van der Waals surface area contributed by atoms with Crippen molar-refractivity contribution in [3.8, 4) is 10.6 Å². The number of thiophene rings is 1. The smallest absolute Gasteiger partial charge is 0.205 e. The lowest BCUT2D eigenvalue weighted by Gasteiger charge is -2.34. The third kappa shape index (κ3) is 3.04. The minimum atomic E-state index is 0.850. The van der Waals surface area contributed by atoms with Crippen molar-refractivity contribution in [2.75, 3.05) is 36.0 Å². The van der Waals surface area contributed by atoms with Gasteiger partial charge in [0.2, 0.25) is 5.13 Å². The molecular formula is C15H16N6S2. The van der Waals surface area contributed by atoms with Crippen molar-refractivity contribution in [3.05, 3.63) is 35.5 Å². The molecule has 0 atom stereocenters. The van der Waals surface area contributed by atoms with Crippen LogP contribution in [0.5, 0.6) is 0 Å². The Morgan fingerprint density at radius 1 is 1.00 bits per heavy atom. The predicted octanol–water partition coefficient (Wildman–Crippen LogP) is 2.69. The van der Waals surface area contributed by atoms with E-state index in [-0.39, 0.29) is 0 Å². The van der Waals surface area contributed by atoms with Gasteiger partial charge in [0.15, 0.2) is 5.82 Å². The molecule has 0 unspecified atom stereocenters. The Morgan fingerprint density at radius 2 is 1.83 bits per heavy atom. The first kappa shape index (κ1) is 14.5. The van der Waals surface area contributed by atoms with Crippen molar-refractivity contribution in [2.45, 2.75) is 6.92 Å². The summed E-state index contributed by atoms with van der Waals surface area (Å²) in [4.78, 5) is 10.2. The number of hydrogen-bond acceptors (Lipinski definition) is 8. The van der Waals surface area contributed by atoms with Gasteiger partial charge in [-0.3, -0.25) is 0 Å². The molecule has 6 nitrogen and oxygen atoms in total. The summed E-state index contributed by atoms with van der Waals surface area (Å²) in [5, 5.41) is 11.8. The van der Waals surface area contributed by atoms with Gasteiger partial charge >= 0.3 is 0 Å². The summed E-state index contributed by atoms with van der Waals surface area (Å²) in [5.41, 5.74) is 0.937. The summed E-state index contributed by atoms with van der Waals surface area (Å²) in [7, 11) is 0. The number of anilines is 2. The topological polar surface area (TPSA) is 58.0 Å². The highest BCUT2D eigenvalue weighted by molar-refractivity contribution is 7.13. The Labute approximate surface area is 142 Å². The van der Waals surface area contributed by atoms with Gasteiger partial charge in [-0.15, -0.1) is 21.5 Å².